The third kappa shape index (κ3) is 6.99. The average Bonchev–Trinajstić information content (AvgIpc) is 3.22. The number of carbonyl (C=O) groups excluding carboxylic acids is 1. The van der Waals surface area contributed by atoms with Crippen molar-refractivity contribution < 1.29 is 14.3 Å². The summed E-state index contributed by atoms with van der Waals surface area (Å²) in [5.74, 6) is 1.63. The van der Waals surface area contributed by atoms with Crippen LogP contribution in [0.2, 0.25) is 0 Å². The van der Waals surface area contributed by atoms with E-state index in [1.807, 2.05) is 23.1 Å². The molecule has 3 rings (SSSR count). The number of carbonyl (C=O) groups is 1. The number of hydrogen-bond donors (Lipinski definition) is 2. The molecule has 0 aromatic heterocycles. The van der Waals surface area contributed by atoms with Gasteiger partial charge >= 0.3 is 0 Å². The van der Waals surface area contributed by atoms with Crippen molar-refractivity contribution in [2.75, 3.05) is 58.0 Å². The summed E-state index contributed by atoms with van der Waals surface area (Å²) >= 11 is 0. The second-order valence-corrected chi connectivity index (χ2v) is 7.94. The number of ether oxygens (including phenoxy) is 2. The molecule has 7 nitrogen and oxygen atoms in total. The zero-order valence-electron chi connectivity index (χ0n) is 18.2. The molecular formula is C23H36N4O3. The fourth-order valence-corrected chi connectivity index (χ4v) is 3.94. The number of para-hydroxylation sites is 1. The highest BCUT2D eigenvalue weighted by molar-refractivity contribution is 5.95. The molecule has 0 radical (unpaired) electrons. The molecule has 1 aromatic carbocycles. The average molecular weight is 417 g/mol. The van der Waals surface area contributed by atoms with Gasteiger partial charge in [-0.25, -0.2) is 0 Å². The van der Waals surface area contributed by atoms with Crippen LogP contribution in [0.4, 0.5) is 5.69 Å². The predicted molar refractivity (Wildman–Crippen MR) is 120 cm³/mol. The number of fused-ring (bicyclic) bond motifs is 1. The molecule has 0 spiro atoms. The van der Waals surface area contributed by atoms with Crippen LogP contribution in [-0.4, -0.2) is 65.0 Å². The van der Waals surface area contributed by atoms with E-state index in [0.717, 1.165) is 89.8 Å². The Labute approximate surface area is 180 Å². The molecule has 0 aliphatic carbocycles. The van der Waals surface area contributed by atoms with Crippen LogP contribution in [0.25, 0.3) is 0 Å². The number of rotatable bonds is 10. The second-order valence-electron chi connectivity index (χ2n) is 7.94. The molecule has 0 atom stereocenters. The van der Waals surface area contributed by atoms with E-state index in [1.165, 1.54) is 5.56 Å². The molecule has 1 saturated heterocycles. The van der Waals surface area contributed by atoms with Crippen LogP contribution in [0, 0.1) is 5.92 Å². The largest absolute Gasteiger partial charge is 0.381 e. The highest BCUT2D eigenvalue weighted by Gasteiger charge is 2.23. The van der Waals surface area contributed by atoms with Crippen LogP contribution < -0.4 is 15.5 Å². The van der Waals surface area contributed by atoms with Gasteiger partial charge in [0.05, 0.1) is 0 Å². The molecule has 1 amide bonds. The standard InChI is InChI=1S/C23H36N4O3/c1-24-23(26-13-5-15-30-18-19-10-16-29-17-11-19)25-12-4-8-22(28)27-14-9-20-6-2-3-7-21(20)27/h2-3,6-7,19H,4-5,8-18H2,1H3,(H2,24,25,26). The molecule has 2 N–H and O–H groups in total. The summed E-state index contributed by atoms with van der Waals surface area (Å²) in [7, 11) is 1.77. The molecule has 1 fully saturated rings. The Bertz CT molecular complexity index is 689. The van der Waals surface area contributed by atoms with Gasteiger partial charge < -0.3 is 25.0 Å². The van der Waals surface area contributed by atoms with Crippen LogP contribution in [-0.2, 0) is 20.7 Å². The van der Waals surface area contributed by atoms with E-state index in [4.69, 9.17) is 9.47 Å². The molecule has 2 aliphatic rings. The molecule has 166 valence electrons. The number of guanidine groups is 1. The van der Waals surface area contributed by atoms with E-state index in [1.54, 1.807) is 7.05 Å². The van der Waals surface area contributed by atoms with E-state index in [-0.39, 0.29) is 5.91 Å². The zero-order valence-corrected chi connectivity index (χ0v) is 18.2. The molecule has 0 bridgehead atoms. The molecule has 0 saturated carbocycles. The Morgan fingerprint density at radius 1 is 1.20 bits per heavy atom. The maximum atomic E-state index is 12.5. The Hall–Kier alpha value is -2.12. The monoisotopic (exact) mass is 416 g/mol. The van der Waals surface area contributed by atoms with Crippen molar-refractivity contribution in [3.05, 3.63) is 29.8 Å². The second kappa shape index (κ2) is 12.5. The Balaban J connectivity index is 1.22. The summed E-state index contributed by atoms with van der Waals surface area (Å²) in [5.41, 5.74) is 2.34. The quantitative estimate of drug-likeness (QED) is 0.348. The SMILES string of the molecule is CN=C(NCCCOCC1CCOCC1)NCCCC(=O)N1CCc2ccccc21. The first-order valence-electron chi connectivity index (χ1n) is 11.3. The van der Waals surface area contributed by atoms with Crippen LogP contribution in [0.1, 0.15) is 37.7 Å². The lowest BCUT2D eigenvalue weighted by molar-refractivity contribution is -0.118. The minimum Gasteiger partial charge on any atom is -0.381 e. The van der Waals surface area contributed by atoms with E-state index < -0.39 is 0 Å². The third-order valence-electron chi connectivity index (χ3n) is 5.72. The normalized spacial score (nSPS) is 17.1. The molecule has 2 heterocycles. The lowest BCUT2D eigenvalue weighted by atomic mass is 10.0. The van der Waals surface area contributed by atoms with Crippen molar-refractivity contribution in [1.82, 2.24) is 10.6 Å². The summed E-state index contributed by atoms with van der Waals surface area (Å²) in [6, 6.07) is 8.18. The fraction of sp³-hybridized carbons (Fsp3) is 0.652. The topological polar surface area (TPSA) is 75.2 Å². The predicted octanol–water partition coefficient (Wildman–Crippen LogP) is 2.35. The minimum atomic E-state index is 0.200. The van der Waals surface area contributed by atoms with E-state index in [9.17, 15) is 4.79 Å². The van der Waals surface area contributed by atoms with E-state index in [0.29, 0.717) is 12.3 Å². The number of nitrogens with one attached hydrogen (secondary N) is 2. The molecule has 0 unspecified atom stereocenters. The van der Waals surface area contributed by atoms with Crippen LogP contribution >= 0.6 is 0 Å². The van der Waals surface area contributed by atoms with Gasteiger partial charge in [-0.15, -0.1) is 0 Å². The lowest BCUT2D eigenvalue weighted by Crippen LogP contribution is -2.39. The van der Waals surface area contributed by atoms with Gasteiger partial charge in [-0.2, -0.15) is 0 Å². The van der Waals surface area contributed by atoms with Gasteiger partial charge in [0, 0.05) is 65.2 Å². The van der Waals surface area contributed by atoms with E-state index in [2.05, 4.69) is 21.7 Å². The molecular weight excluding hydrogens is 380 g/mol. The molecule has 30 heavy (non-hydrogen) atoms. The van der Waals surface area contributed by atoms with Crippen molar-refractivity contribution in [3.63, 3.8) is 0 Å². The highest BCUT2D eigenvalue weighted by Crippen LogP contribution is 2.27. The van der Waals surface area contributed by atoms with Gasteiger partial charge in [0.15, 0.2) is 5.96 Å². The fourth-order valence-electron chi connectivity index (χ4n) is 3.94. The first-order chi connectivity index (χ1) is 14.8. The lowest BCUT2D eigenvalue weighted by Gasteiger charge is -2.21. The van der Waals surface area contributed by atoms with Crippen LogP contribution in [0.15, 0.2) is 29.3 Å². The molecule has 2 aliphatic heterocycles. The summed E-state index contributed by atoms with van der Waals surface area (Å²) in [5, 5.41) is 6.60. The number of anilines is 1. The number of aliphatic imine (C=N–C) groups is 1. The summed E-state index contributed by atoms with van der Waals surface area (Å²) in [4.78, 5) is 18.7. The first-order valence-corrected chi connectivity index (χ1v) is 11.3. The Morgan fingerprint density at radius 2 is 1.97 bits per heavy atom. The van der Waals surface area contributed by atoms with Gasteiger partial charge in [-0.1, -0.05) is 18.2 Å². The van der Waals surface area contributed by atoms with Gasteiger partial charge in [-0.05, 0) is 49.7 Å². The van der Waals surface area contributed by atoms with Gasteiger partial charge in [0.25, 0.3) is 0 Å². The number of hydrogen-bond acceptors (Lipinski definition) is 4. The van der Waals surface area contributed by atoms with Gasteiger partial charge in [0.1, 0.15) is 0 Å². The number of nitrogens with zero attached hydrogens (tertiary/aromatic N) is 2. The number of benzene rings is 1. The smallest absolute Gasteiger partial charge is 0.227 e. The van der Waals surface area contributed by atoms with Gasteiger partial charge in [-0.3, -0.25) is 9.79 Å². The zero-order chi connectivity index (χ0) is 21.0. The summed E-state index contributed by atoms with van der Waals surface area (Å²) < 4.78 is 11.2. The van der Waals surface area contributed by atoms with Crippen LogP contribution in [0.5, 0.6) is 0 Å². The van der Waals surface area contributed by atoms with Crippen molar-refractivity contribution >= 4 is 17.6 Å². The third-order valence-corrected chi connectivity index (χ3v) is 5.72. The summed E-state index contributed by atoms with van der Waals surface area (Å²) in [6.45, 7) is 5.67. The Morgan fingerprint density at radius 3 is 2.77 bits per heavy atom. The molecule has 7 heteroatoms. The van der Waals surface area contributed by atoms with Crippen molar-refractivity contribution in [2.24, 2.45) is 10.9 Å². The first kappa shape index (κ1) is 22.6. The maximum Gasteiger partial charge on any atom is 0.227 e. The van der Waals surface area contributed by atoms with Crippen molar-refractivity contribution in [1.29, 1.82) is 0 Å². The van der Waals surface area contributed by atoms with E-state index >= 15 is 0 Å². The van der Waals surface area contributed by atoms with Crippen molar-refractivity contribution in [3.8, 4) is 0 Å². The molecule has 1 aromatic rings. The van der Waals surface area contributed by atoms with Crippen LogP contribution in [0.3, 0.4) is 0 Å². The van der Waals surface area contributed by atoms with Crippen molar-refractivity contribution in [2.45, 2.75) is 38.5 Å². The Kier molecular flexibility index (Phi) is 9.44. The maximum absolute atomic E-state index is 12.5. The van der Waals surface area contributed by atoms with Gasteiger partial charge in [0.2, 0.25) is 5.91 Å². The highest BCUT2D eigenvalue weighted by atomic mass is 16.5. The number of amides is 1. The minimum absolute atomic E-state index is 0.200. The summed E-state index contributed by atoms with van der Waals surface area (Å²) in [6.07, 6.45) is 5.44.